The number of rotatable bonds is 4. The first-order valence-corrected chi connectivity index (χ1v) is 6.36. The summed E-state index contributed by atoms with van der Waals surface area (Å²) in [6, 6.07) is 0.339. The van der Waals surface area contributed by atoms with Crippen molar-refractivity contribution in [2.45, 2.75) is 25.8 Å². The standard InChI is InChI=1S/C8H18N2O2S/c1-3-6-13(11,12)10-5-4-8(7-10)9-2/h8-9H,3-7H2,1-2H3. The largest absolute Gasteiger partial charge is 0.316 e. The van der Waals surface area contributed by atoms with Crippen molar-refractivity contribution in [1.82, 2.24) is 9.62 Å². The Bertz CT molecular complexity index is 251. The number of nitrogens with one attached hydrogen (secondary N) is 1. The van der Waals surface area contributed by atoms with Crippen LogP contribution in [0.5, 0.6) is 0 Å². The highest BCUT2D eigenvalue weighted by Gasteiger charge is 2.29. The van der Waals surface area contributed by atoms with Crippen LogP contribution in [0.1, 0.15) is 19.8 Å². The lowest BCUT2D eigenvalue weighted by atomic mass is 10.3. The zero-order valence-electron chi connectivity index (χ0n) is 8.28. The van der Waals surface area contributed by atoms with Crippen molar-refractivity contribution >= 4 is 10.0 Å². The van der Waals surface area contributed by atoms with Crippen LogP contribution in [-0.2, 0) is 10.0 Å². The van der Waals surface area contributed by atoms with Crippen LogP contribution in [0.3, 0.4) is 0 Å². The predicted octanol–water partition coefficient (Wildman–Crippen LogP) is 0.0199. The third-order valence-electron chi connectivity index (χ3n) is 2.41. The lowest BCUT2D eigenvalue weighted by Gasteiger charge is -2.15. The molecule has 1 fully saturated rings. The Kier molecular flexibility index (Phi) is 3.70. The van der Waals surface area contributed by atoms with Crippen molar-refractivity contribution in [3.05, 3.63) is 0 Å². The lowest BCUT2D eigenvalue weighted by molar-refractivity contribution is 0.464. The molecule has 0 bridgehead atoms. The van der Waals surface area contributed by atoms with Crippen LogP contribution >= 0.6 is 0 Å². The van der Waals surface area contributed by atoms with Gasteiger partial charge in [0.15, 0.2) is 0 Å². The molecule has 0 amide bonds. The van der Waals surface area contributed by atoms with Gasteiger partial charge >= 0.3 is 0 Å². The van der Waals surface area contributed by atoms with E-state index in [4.69, 9.17) is 0 Å². The van der Waals surface area contributed by atoms with Crippen molar-refractivity contribution in [2.24, 2.45) is 0 Å². The van der Waals surface area contributed by atoms with Crippen LogP contribution in [-0.4, -0.2) is 44.7 Å². The quantitative estimate of drug-likeness (QED) is 0.705. The predicted molar refractivity (Wildman–Crippen MR) is 53.1 cm³/mol. The molecule has 0 saturated carbocycles. The van der Waals surface area contributed by atoms with Crippen LogP contribution in [0.15, 0.2) is 0 Å². The van der Waals surface area contributed by atoms with E-state index in [1.54, 1.807) is 4.31 Å². The van der Waals surface area contributed by atoms with Crippen LogP contribution in [0, 0.1) is 0 Å². The lowest BCUT2D eigenvalue weighted by Crippen LogP contribution is -2.34. The average molecular weight is 206 g/mol. The van der Waals surface area contributed by atoms with Crippen LogP contribution in [0.2, 0.25) is 0 Å². The summed E-state index contributed by atoms with van der Waals surface area (Å²) in [5, 5.41) is 3.10. The molecular formula is C8H18N2O2S. The molecule has 1 aliphatic heterocycles. The van der Waals surface area contributed by atoms with E-state index in [9.17, 15) is 8.42 Å². The summed E-state index contributed by atoms with van der Waals surface area (Å²) in [5.74, 6) is 0.281. The molecule has 78 valence electrons. The minimum atomic E-state index is -2.96. The summed E-state index contributed by atoms with van der Waals surface area (Å²) in [6.07, 6.45) is 1.63. The van der Waals surface area contributed by atoms with Gasteiger partial charge in [-0.05, 0) is 19.9 Å². The van der Waals surface area contributed by atoms with Crippen molar-refractivity contribution < 1.29 is 8.42 Å². The van der Waals surface area contributed by atoms with E-state index in [2.05, 4.69) is 5.32 Å². The molecule has 13 heavy (non-hydrogen) atoms. The first-order chi connectivity index (χ1) is 6.10. The molecule has 1 heterocycles. The first kappa shape index (κ1) is 10.9. The molecule has 1 saturated heterocycles. The molecule has 4 nitrogen and oxygen atoms in total. The third-order valence-corrected chi connectivity index (χ3v) is 4.46. The fourth-order valence-electron chi connectivity index (χ4n) is 1.60. The molecule has 0 aromatic heterocycles. The van der Waals surface area contributed by atoms with Gasteiger partial charge in [0.1, 0.15) is 0 Å². The van der Waals surface area contributed by atoms with Crippen molar-refractivity contribution in [3.8, 4) is 0 Å². The zero-order chi connectivity index (χ0) is 9.90. The maximum atomic E-state index is 11.6. The number of nitrogens with zero attached hydrogens (tertiary/aromatic N) is 1. The number of likely N-dealkylation sites (N-methyl/N-ethyl adjacent to an activating group) is 1. The summed E-state index contributed by atoms with van der Waals surface area (Å²) in [6.45, 7) is 3.20. The Balaban J connectivity index is 2.55. The second-order valence-corrected chi connectivity index (χ2v) is 5.54. The van der Waals surface area contributed by atoms with Crippen LogP contribution < -0.4 is 5.32 Å². The van der Waals surface area contributed by atoms with E-state index in [1.165, 1.54) is 0 Å². The first-order valence-electron chi connectivity index (χ1n) is 4.75. The molecule has 1 N–H and O–H groups in total. The second-order valence-electron chi connectivity index (χ2n) is 3.45. The summed E-state index contributed by atoms with van der Waals surface area (Å²) in [7, 11) is -1.08. The van der Waals surface area contributed by atoms with E-state index in [0.29, 0.717) is 25.6 Å². The highest BCUT2D eigenvalue weighted by molar-refractivity contribution is 7.89. The van der Waals surface area contributed by atoms with E-state index in [1.807, 2.05) is 14.0 Å². The smallest absolute Gasteiger partial charge is 0.214 e. The molecule has 0 aromatic rings. The Morgan fingerprint density at radius 2 is 2.23 bits per heavy atom. The fourth-order valence-corrected chi connectivity index (χ4v) is 3.17. The molecule has 5 heteroatoms. The Hall–Kier alpha value is -0.130. The van der Waals surface area contributed by atoms with Gasteiger partial charge in [0.25, 0.3) is 0 Å². The number of sulfonamides is 1. The van der Waals surface area contributed by atoms with Gasteiger partial charge < -0.3 is 5.32 Å². The second kappa shape index (κ2) is 4.39. The highest BCUT2D eigenvalue weighted by atomic mass is 32.2. The average Bonchev–Trinajstić information content (AvgIpc) is 2.52. The van der Waals surface area contributed by atoms with E-state index < -0.39 is 10.0 Å². The molecule has 1 unspecified atom stereocenters. The molecule has 0 spiro atoms. The Morgan fingerprint density at radius 3 is 2.69 bits per heavy atom. The van der Waals surface area contributed by atoms with Gasteiger partial charge in [-0.15, -0.1) is 0 Å². The summed E-state index contributed by atoms with van der Waals surface area (Å²) >= 11 is 0. The Morgan fingerprint density at radius 1 is 1.54 bits per heavy atom. The van der Waals surface area contributed by atoms with E-state index in [0.717, 1.165) is 6.42 Å². The molecule has 0 radical (unpaired) electrons. The SMILES string of the molecule is CCCS(=O)(=O)N1CCC(NC)C1. The van der Waals surface area contributed by atoms with Gasteiger partial charge in [-0.25, -0.2) is 12.7 Å². The normalized spacial score (nSPS) is 25.2. The highest BCUT2D eigenvalue weighted by Crippen LogP contribution is 2.14. The molecular weight excluding hydrogens is 188 g/mol. The minimum Gasteiger partial charge on any atom is -0.316 e. The molecule has 0 aliphatic carbocycles. The summed E-state index contributed by atoms with van der Waals surface area (Å²) in [5.41, 5.74) is 0. The topological polar surface area (TPSA) is 49.4 Å². The third kappa shape index (κ3) is 2.65. The summed E-state index contributed by atoms with van der Waals surface area (Å²) in [4.78, 5) is 0. The fraction of sp³-hybridized carbons (Fsp3) is 1.00. The van der Waals surface area contributed by atoms with Gasteiger partial charge in [-0.2, -0.15) is 0 Å². The van der Waals surface area contributed by atoms with Gasteiger partial charge in [0.05, 0.1) is 5.75 Å². The summed E-state index contributed by atoms with van der Waals surface area (Å²) < 4.78 is 24.8. The Labute approximate surface area is 80.4 Å². The van der Waals surface area contributed by atoms with E-state index >= 15 is 0 Å². The van der Waals surface area contributed by atoms with Gasteiger partial charge in [-0.3, -0.25) is 0 Å². The van der Waals surface area contributed by atoms with Crippen molar-refractivity contribution in [1.29, 1.82) is 0 Å². The van der Waals surface area contributed by atoms with Crippen LogP contribution in [0.25, 0.3) is 0 Å². The van der Waals surface area contributed by atoms with Gasteiger partial charge in [0.2, 0.25) is 10.0 Å². The van der Waals surface area contributed by atoms with Gasteiger partial charge in [-0.1, -0.05) is 6.92 Å². The molecule has 0 aromatic carbocycles. The monoisotopic (exact) mass is 206 g/mol. The maximum absolute atomic E-state index is 11.6. The molecule has 1 aliphatic rings. The molecule has 1 atom stereocenters. The molecule has 1 rings (SSSR count). The number of hydrogen-bond acceptors (Lipinski definition) is 3. The van der Waals surface area contributed by atoms with Crippen molar-refractivity contribution in [3.63, 3.8) is 0 Å². The minimum absolute atomic E-state index is 0.281. The zero-order valence-corrected chi connectivity index (χ0v) is 9.10. The maximum Gasteiger partial charge on any atom is 0.214 e. The van der Waals surface area contributed by atoms with Crippen molar-refractivity contribution in [2.75, 3.05) is 25.9 Å². The number of hydrogen-bond donors (Lipinski definition) is 1. The van der Waals surface area contributed by atoms with E-state index in [-0.39, 0.29) is 5.75 Å². The van der Waals surface area contributed by atoms with Gasteiger partial charge in [0, 0.05) is 19.1 Å². The van der Waals surface area contributed by atoms with Crippen LogP contribution in [0.4, 0.5) is 0 Å².